The van der Waals surface area contributed by atoms with E-state index < -0.39 is 155 Å². The second-order valence-corrected chi connectivity index (χ2v) is 24.9. The van der Waals surface area contributed by atoms with E-state index in [1.54, 1.807) is 46.5 Å². The first-order valence-corrected chi connectivity index (χ1v) is 30.4. The standard InChI is InChI=1S/C58H91N3O21S/c1-31-16-12-11-13-17-32(2)43(76-8)28-39-21-19-37(7)58(73,82-39)53(68)54(69)61-23-15-14-18-40(61)55(70)79-44(29-41(63)33(3)25-36(6)49(65)52(78-10)48(64)35(5)24-31)34(4)26-38-20-22-42(45(27-38)77-9)81-57(72)60-83(74,75)59-47-51(67)50(66)46(30-62)80-56(47)71/h11-13,16-17,25,31,33-35,37-40,42-47,49-52,56,59,62,65-67,71,73H,14-15,18-24,26-30H2,1-10H3,(H,60,72)/b13-11+,16-12+,32-17+,36-25+/t31-,33-,34-,35-,37-,38+,39+,40+,42-,43+,44+,45-,46-,47-,49-,50+,51-,52+,56?,58-/m1/s1. The van der Waals surface area contributed by atoms with Crippen molar-refractivity contribution in [2.45, 2.75) is 211 Å². The van der Waals surface area contributed by atoms with Gasteiger partial charge in [-0.25, -0.2) is 14.3 Å². The number of carbonyl (C=O) groups excluding carboxylic acids is 6. The average molecular weight is 1200 g/mol. The normalized spacial score (nSPS) is 39.9. The van der Waals surface area contributed by atoms with Crippen molar-refractivity contribution in [1.29, 1.82) is 0 Å². The third-order valence-corrected chi connectivity index (χ3v) is 18.1. The molecule has 8 N–H and O–H groups in total. The van der Waals surface area contributed by atoms with Crippen LogP contribution in [0.4, 0.5) is 4.79 Å². The summed E-state index contributed by atoms with van der Waals surface area (Å²) in [5, 5.41) is 63.8. The van der Waals surface area contributed by atoms with E-state index in [-0.39, 0.29) is 56.3 Å². The molecule has 1 unspecified atom stereocenters. The van der Waals surface area contributed by atoms with Gasteiger partial charge in [0.05, 0.1) is 24.9 Å². The van der Waals surface area contributed by atoms with E-state index in [9.17, 15) is 67.8 Å². The van der Waals surface area contributed by atoms with Gasteiger partial charge in [-0.2, -0.15) is 13.1 Å². The van der Waals surface area contributed by atoms with Crippen LogP contribution in [0, 0.1) is 35.5 Å². The van der Waals surface area contributed by atoms with Crippen molar-refractivity contribution in [3.8, 4) is 0 Å². The molecule has 0 spiro atoms. The van der Waals surface area contributed by atoms with E-state index in [1.807, 2.05) is 48.9 Å². The number of nitrogens with one attached hydrogen (secondary N) is 2. The molecule has 25 heteroatoms. The lowest BCUT2D eigenvalue weighted by molar-refractivity contribution is -0.265. The van der Waals surface area contributed by atoms with E-state index in [0.29, 0.717) is 50.5 Å². The fraction of sp³-hybridized carbons (Fsp3) is 0.759. The van der Waals surface area contributed by atoms with Crippen molar-refractivity contribution in [2.75, 3.05) is 34.5 Å². The predicted octanol–water partition coefficient (Wildman–Crippen LogP) is 2.55. The number of rotatable bonds is 11. The first kappa shape index (κ1) is 69.4. The van der Waals surface area contributed by atoms with E-state index in [0.717, 1.165) is 10.5 Å². The van der Waals surface area contributed by atoms with Gasteiger partial charge in [0.1, 0.15) is 60.6 Å². The van der Waals surface area contributed by atoms with Crippen LogP contribution in [0.15, 0.2) is 47.6 Å². The number of Topliss-reactive ketones (excluding diaryl/α,β-unsaturated/α-hetero) is 3. The number of aliphatic hydroxyl groups excluding tert-OH is 5. The van der Waals surface area contributed by atoms with E-state index in [1.165, 1.54) is 20.3 Å². The SMILES string of the molecule is CO[C@H]1C[C@@H]2CC[C@@H](C)[C@@](O)(O2)C(=O)C(=O)N2CCCC[C@H]2C(=O)O[C@H]([C@H](C)C[C@@H]2CC[C@@H](OC(=O)NS(=O)(=O)N[C@H]3C(O)O[C@H](CO)[C@H](O)[C@@H]3O)[C@H](OC)C2)CC(=O)[C@H](C)/C=C(\C)[C@@H](O)[C@@H](OC)C(=O)[C@H](C)C[C@H](C)/C=C/C=C/C=C/1C. The van der Waals surface area contributed by atoms with Crippen molar-refractivity contribution in [2.24, 2.45) is 35.5 Å². The summed E-state index contributed by atoms with van der Waals surface area (Å²) in [6.07, 6.45) is -1.01. The molecular weight excluding hydrogens is 1110 g/mol. The van der Waals surface area contributed by atoms with Crippen LogP contribution < -0.4 is 9.44 Å². The molecule has 24 nitrogen and oxygen atoms in total. The molecule has 5 aliphatic rings. The first-order valence-electron chi connectivity index (χ1n) is 28.9. The van der Waals surface area contributed by atoms with Gasteiger partial charge in [0.25, 0.3) is 11.7 Å². The van der Waals surface area contributed by atoms with E-state index in [4.69, 9.17) is 33.2 Å². The number of methoxy groups -OCH3 is 3. The Morgan fingerprint density at radius 1 is 0.855 bits per heavy atom. The van der Waals surface area contributed by atoms with Crippen LogP contribution in [0.2, 0.25) is 0 Å². The van der Waals surface area contributed by atoms with Gasteiger partial charge in [-0.05, 0) is 107 Å². The highest BCUT2D eigenvalue weighted by Crippen LogP contribution is 2.38. The number of amides is 2. The van der Waals surface area contributed by atoms with E-state index in [2.05, 4.69) is 0 Å². The molecule has 470 valence electrons. The molecule has 4 heterocycles. The second kappa shape index (κ2) is 31.3. The predicted molar refractivity (Wildman–Crippen MR) is 298 cm³/mol. The number of hydrogen-bond acceptors (Lipinski definition) is 21. The van der Waals surface area contributed by atoms with Crippen LogP contribution in [0.25, 0.3) is 0 Å². The molecule has 0 aromatic heterocycles. The number of piperidine rings is 1. The zero-order chi connectivity index (χ0) is 61.7. The van der Waals surface area contributed by atoms with Crippen molar-refractivity contribution in [3.05, 3.63) is 47.6 Å². The third kappa shape index (κ3) is 18.3. The Labute approximate surface area is 487 Å². The molecule has 4 aliphatic heterocycles. The number of fused-ring (bicyclic) bond motifs is 3. The highest BCUT2D eigenvalue weighted by atomic mass is 32.2. The number of cyclic esters (lactones) is 1. The van der Waals surface area contributed by atoms with Crippen LogP contribution in [0.3, 0.4) is 0 Å². The van der Waals surface area contributed by atoms with Gasteiger partial charge in [-0.1, -0.05) is 71.1 Å². The molecule has 0 radical (unpaired) electrons. The Kier molecular flexibility index (Phi) is 26.2. The molecule has 0 aromatic carbocycles. The minimum absolute atomic E-state index is 0.0101. The fourth-order valence-corrected chi connectivity index (χ4v) is 12.9. The number of carbonyl (C=O) groups is 6. The lowest BCUT2D eigenvalue weighted by Gasteiger charge is -2.42. The summed E-state index contributed by atoms with van der Waals surface area (Å²) in [5.41, 5.74) is 1.13. The van der Waals surface area contributed by atoms with Crippen LogP contribution in [0.5, 0.6) is 0 Å². The topological polar surface area (TPSA) is 350 Å². The van der Waals surface area contributed by atoms with Crippen molar-refractivity contribution in [3.63, 3.8) is 0 Å². The summed E-state index contributed by atoms with van der Waals surface area (Å²) in [6.45, 7) is 11.4. The van der Waals surface area contributed by atoms with Crippen LogP contribution >= 0.6 is 0 Å². The van der Waals surface area contributed by atoms with Gasteiger partial charge in [-0.3, -0.25) is 19.2 Å². The smallest absolute Gasteiger partial charge is 0.422 e. The Balaban J connectivity index is 1.39. The van der Waals surface area contributed by atoms with Crippen LogP contribution in [-0.4, -0.2) is 199 Å². The molecule has 5 rings (SSSR count). The summed E-state index contributed by atoms with van der Waals surface area (Å²) >= 11 is 0. The van der Waals surface area contributed by atoms with Gasteiger partial charge in [0.15, 0.2) is 12.1 Å². The van der Waals surface area contributed by atoms with Crippen molar-refractivity contribution >= 4 is 45.5 Å². The van der Waals surface area contributed by atoms with Crippen molar-refractivity contribution < 1.29 is 101 Å². The summed E-state index contributed by atoms with van der Waals surface area (Å²) in [4.78, 5) is 85.7. The molecule has 1 saturated carbocycles. The molecule has 2 amide bonds. The molecule has 1 aliphatic carbocycles. The fourth-order valence-electron chi connectivity index (χ4n) is 11.9. The van der Waals surface area contributed by atoms with Crippen molar-refractivity contribution in [1.82, 2.24) is 14.3 Å². The Bertz CT molecular complexity index is 2470. The Morgan fingerprint density at radius 2 is 1.57 bits per heavy atom. The maximum absolute atomic E-state index is 14.6. The summed E-state index contributed by atoms with van der Waals surface area (Å²) in [5.74, 6) is -9.45. The largest absolute Gasteiger partial charge is 0.460 e. The van der Waals surface area contributed by atoms with E-state index >= 15 is 0 Å². The average Bonchev–Trinajstić information content (AvgIpc) is 3.55. The van der Waals surface area contributed by atoms with Gasteiger partial charge in [0.2, 0.25) is 5.79 Å². The van der Waals surface area contributed by atoms with Gasteiger partial charge in [-0.15, -0.1) is 0 Å². The monoisotopic (exact) mass is 1200 g/mol. The lowest BCUT2D eigenvalue weighted by Crippen LogP contribution is -2.65. The highest BCUT2D eigenvalue weighted by Gasteiger charge is 2.53. The minimum Gasteiger partial charge on any atom is -0.460 e. The number of allylic oxidation sites excluding steroid dienone is 6. The number of esters is 1. The van der Waals surface area contributed by atoms with Crippen LogP contribution in [0.1, 0.15) is 126 Å². The molecule has 83 heavy (non-hydrogen) atoms. The Hall–Kier alpha value is -4.35. The first-order chi connectivity index (χ1) is 39.1. The maximum atomic E-state index is 14.6. The summed E-state index contributed by atoms with van der Waals surface area (Å²) in [6, 6.07) is -3.11. The molecular formula is C58H91N3O21S. The van der Waals surface area contributed by atoms with Gasteiger partial charge < -0.3 is 68.7 Å². The molecule has 20 atom stereocenters. The quantitative estimate of drug-likeness (QED) is 0.0837. The number of ketones is 3. The number of nitrogens with zero attached hydrogens (tertiary/aromatic N) is 1. The summed E-state index contributed by atoms with van der Waals surface area (Å²) in [7, 11) is -0.614. The Morgan fingerprint density at radius 3 is 2.23 bits per heavy atom. The lowest BCUT2D eigenvalue weighted by atomic mass is 9.78. The zero-order valence-corrected chi connectivity index (χ0v) is 50.3. The number of aliphatic hydroxyl groups is 6. The number of ether oxygens (including phenoxy) is 7. The zero-order valence-electron chi connectivity index (χ0n) is 49.5. The number of hydrogen-bond donors (Lipinski definition) is 8. The molecule has 0 aromatic rings. The second-order valence-electron chi connectivity index (χ2n) is 23.4. The van der Waals surface area contributed by atoms with Gasteiger partial charge >= 0.3 is 22.3 Å². The highest BCUT2D eigenvalue weighted by molar-refractivity contribution is 7.88. The molecule has 4 fully saturated rings. The molecule has 3 saturated heterocycles. The molecule has 2 bridgehead atoms. The third-order valence-electron chi connectivity index (χ3n) is 17.1. The summed E-state index contributed by atoms with van der Waals surface area (Å²) < 4.78 is 69.4. The van der Waals surface area contributed by atoms with Crippen LogP contribution in [-0.2, 0) is 67.3 Å². The maximum Gasteiger partial charge on any atom is 0.422 e. The minimum atomic E-state index is -4.86. The van der Waals surface area contributed by atoms with Gasteiger partial charge in [0, 0.05) is 58.5 Å².